The lowest BCUT2D eigenvalue weighted by Gasteiger charge is -2.33. The highest BCUT2D eigenvalue weighted by Crippen LogP contribution is 2.34. The van der Waals surface area contributed by atoms with Gasteiger partial charge < -0.3 is 9.42 Å². The van der Waals surface area contributed by atoms with E-state index in [1.54, 1.807) is 42.2 Å². The van der Waals surface area contributed by atoms with Crippen molar-refractivity contribution in [1.82, 2.24) is 20.3 Å². The Hall–Kier alpha value is -4.08. The van der Waals surface area contributed by atoms with E-state index in [2.05, 4.69) is 15.4 Å². The number of hydrogen-bond donors (Lipinski definition) is 1. The summed E-state index contributed by atoms with van der Waals surface area (Å²) >= 11 is 0. The van der Waals surface area contributed by atoms with Gasteiger partial charge in [0.25, 0.3) is 17.2 Å². The number of amides is 2. The van der Waals surface area contributed by atoms with Crippen molar-refractivity contribution in [2.45, 2.75) is 25.7 Å². The monoisotopic (exact) mass is 447 g/mol. The Morgan fingerprint density at radius 2 is 1.88 bits per heavy atom. The SMILES string of the molecule is Cc1cc(-c2cc(=O)[nH]nc2C2CCN(C(=O)CN3C(=O)C(=O)c4ccccc43)CC2)on1. The highest BCUT2D eigenvalue weighted by Gasteiger charge is 2.37. The number of para-hydroxylation sites is 1. The summed E-state index contributed by atoms with van der Waals surface area (Å²) in [5, 5.41) is 10.7. The number of nitrogens with one attached hydrogen (secondary N) is 1. The van der Waals surface area contributed by atoms with Crippen molar-refractivity contribution < 1.29 is 18.9 Å². The number of benzene rings is 1. The van der Waals surface area contributed by atoms with E-state index in [9.17, 15) is 19.2 Å². The molecule has 0 saturated carbocycles. The summed E-state index contributed by atoms with van der Waals surface area (Å²) in [5.74, 6) is -0.982. The first-order valence-electron chi connectivity index (χ1n) is 10.7. The Balaban J connectivity index is 1.29. The Labute approximate surface area is 188 Å². The number of fused-ring (bicyclic) bond motifs is 1. The number of Topliss-reactive ketones (excluding diaryl/α,β-unsaturated/α-hetero) is 1. The first kappa shape index (κ1) is 20.8. The molecule has 10 heteroatoms. The van der Waals surface area contributed by atoms with Crippen molar-refractivity contribution in [2.24, 2.45) is 0 Å². The summed E-state index contributed by atoms with van der Waals surface area (Å²) in [6, 6.07) is 9.90. The molecule has 2 aliphatic heterocycles. The van der Waals surface area contributed by atoms with Crippen LogP contribution >= 0.6 is 0 Å². The topological polar surface area (TPSA) is 129 Å². The molecule has 0 spiro atoms. The molecular weight excluding hydrogens is 426 g/mol. The van der Waals surface area contributed by atoms with Crippen molar-refractivity contribution in [3.63, 3.8) is 0 Å². The van der Waals surface area contributed by atoms with Gasteiger partial charge in [-0.2, -0.15) is 5.10 Å². The van der Waals surface area contributed by atoms with Crippen LogP contribution in [0.2, 0.25) is 0 Å². The maximum atomic E-state index is 12.9. The third kappa shape index (κ3) is 3.73. The fourth-order valence-electron chi connectivity index (χ4n) is 4.45. The summed E-state index contributed by atoms with van der Waals surface area (Å²) in [6.45, 7) is 2.56. The summed E-state index contributed by atoms with van der Waals surface area (Å²) in [4.78, 5) is 52.3. The van der Waals surface area contributed by atoms with E-state index in [0.29, 0.717) is 59.9 Å². The van der Waals surface area contributed by atoms with E-state index in [1.807, 2.05) is 0 Å². The van der Waals surface area contributed by atoms with Crippen LogP contribution in [-0.2, 0) is 9.59 Å². The summed E-state index contributed by atoms with van der Waals surface area (Å²) < 4.78 is 5.35. The Morgan fingerprint density at radius 1 is 1.12 bits per heavy atom. The molecule has 2 amide bonds. The molecule has 0 atom stereocenters. The van der Waals surface area contributed by atoms with E-state index in [1.165, 1.54) is 11.0 Å². The number of aryl methyl sites for hydroxylation is 1. The lowest BCUT2D eigenvalue weighted by molar-refractivity contribution is -0.131. The van der Waals surface area contributed by atoms with Gasteiger partial charge in [-0.1, -0.05) is 17.3 Å². The van der Waals surface area contributed by atoms with E-state index < -0.39 is 11.7 Å². The number of anilines is 1. The molecule has 0 aliphatic carbocycles. The largest absolute Gasteiger partial charge is 0.356 e. The minimum absolute atomic E-state index is 0.0158. The van der Waals surface area contributed by atoms with Crippen molar-refractivity contribution >= 4 is 23.3 Å². The molecular formula is C23H21N5O5. The van der Waals surface area contributed by atoms with Crippen LogP contribution in [0.5, 0.6) is 0 Å². The molecule has 2 aromatic heterocycles. The number of carbonyl (C=O) groups excluding carboxylic acids is 3. The molecule has 0 radical (unpaired) electrons. The molecule has 1 saturated heterocycles. The second-order valence-electron chi connectivity index (χ2n) is 8.26. The molecule has 10 nitrogen and oxygen atoms in total. The normalized spacial score (nSPS) is 16.4. The van der Waals surface area contributed by atoms with Crippen LogP contribution in [0.15, 0.2) is 45.7 Å². The lowest BCUT2D eigenvalue weighted by Crippen LogP contribution is -2.45. The third-order valence-electron chi connectivity index (χ3n) is 6.14. The minimum atomic E-state index is -0.677. The van der Waals surface area contributed by atoms with Crippen LogP contribution in [0.4, 0.5) is 5.69 Å². The smallest absolute Gasteiger partial charge is 0.299 e. The predicted octanol–water partition coefficient (Wildman–Crippen LogP) is 1.67. The number of likely N-dealkylation sites (tertiary alicyclic amines) is 1. The maximum Gasteiger partial charge on any atom is 0.299 e. The fraction of sp³-hybridized carbons (Fsp3) is 0.304. The maximum absolute atomic E-state index is 12.9. The van der Waals surface area contributed by atoms with Gasteiger partial charge in [-0.15, -0.1) is 0 Å². The average molecular weight is 447 g/mol. The molecule has 3 aromatic rings. The molecule has 168 valence electrons. The molecule has 1 aromatic carbocycles. The van der Waals surface area contributed by atoms with Crippen molar-refractivity contribution in [3.05, 3.63) is 63.7 Å². The first-order chi connectivity index (χ1) is 15.9. The van der Waals surface area contributed by atoms with Crippen LogP contribution in [0, 0.1) is 6.92 Å². The quantitative estimate of drug-likeness (QED) is 0.602. The van der Waals surface area contributed by atoms with Crippen LogP contribution in [0.25, 0.3) is 11.3 Å². The highest BCUT2D eigenvalue weighted by molar-refractivity contribution is 6.52. The van der Waals surface area contributed by atoms with Crippen molar-refractivity contribution in [3.8, 4) is 11.3 Å². The molecule has 5 rings (SSSR count). The van der Waals surface area contributed by atoms with Gasteiger partial charge in [0.1, 0.15) is 6.54 Å². The van der Waals surface area contributed by atoms with Gasteiger partial charge in [-0.05, 0) is 31.9 Å². The van der Waals surface area contributed by atoms with E-state index in [0.717, 1.165) is 0 Å². The number of aromatic nitrogens is 3. The van der Waals surface area contributed by atoms with Gasteiger partial charge in [0.2, 0.25) is 5.91 Å². The fourth-order valence-corrected chi connectivity index (χ4v) is 4.45. The molecule has 1 N–H and O–H groups in total. The first-order valence-corrected chi connectivity index (χ1v) is 10.7. The summed E-state index contributed by atoms with van der Waals surface area (Å²) in [7, 11) is 0. The number of ketones is 1. The Kier molecular flexibility index (Phi) is 5.12. The number of nitrogens with zero attached hydrogens (tertiary/aromatic N) is 4. The minimum Gasteiger partial charge on any atom is -0.356 e. The highest BCUT2D eigenvalue weighted by atomic mass is 16.5. The second-order valence-corrected chi connectivity index (χ2v) is 8.26. The zero-order valence-electron chi connectivity index (χ0n) is 17.9. The van der Waals surface area contributed by atoms with Crippen LogP contribution < -0.4 is 10.5 Å². The van der Waals surface area contributed by atoms with Gasteiger partial charge in [-0.3, -0.25) is 24.1 Å². The van der Waals surface area contributed by atoms with Crippen LogP contribution in [-0.4, -0.2) is 57.5 Å². The lowest BCUT2D eigenvalue weighted by atomic mass is 9.90. The third-order valence-corrected chi connectivity index (χ3v) is 6.14. The van der Waals surface area contributed by atoms with E-state index in [-0.39, 0.29) is 23.9 Å². The standard InChI is InChI=1S/C23H21N5O5/c1-13-10-18(33-26-13)16-11-19(29)24-25-21(16)14-6-8-27(9-7-14)20(30)12-28-17-5-3-2-4-15(17)22(31)23(28)32/h2-5,10-11,14H,6-9,12H2,1H3,(H,24,29). The summed E-state index contributed by atoms with van der Waals surface area (Å²) in [6.07, 6.45) is 1.27. The molecule has 4 heterocycles. The molecule has 0 bridgehead atoms. The van der Waals surface area contributed by atoms with E-state index in [4.69, 9.17) is 4.52 Å². The number of H-pyrrole nitrogens is 1. The van der Waals surface area contributed by atoms with E-state index >= 15 is 0 Å². The van der Waals surface area contributed by atoms with Crippen molar-refractivity contribution in [2.75, 3.05) is 24.5 Å². The van der Waals surface area contributed by atoms with Crippen molar-refractivity contribution in [1.29, 1.82) is 0 Å². The number of piperidine rings is 1. The summed E-state index contributed by atoms with van der Waals surface area (Å²) in [5.41, 5.74) is 2.47. The van der Waals surface area contributed by atoms with Crippen LogP contribution in [0.3, 0.4) is 0 Å². The average Bonchev–Trinajstić information content (AvgIpc) is 3.36. The molecule has 33 heavy (non-hydrogen) atoms. The Morgan fingerprint density at radius 3 is 2.61 bits per heavy atom. The molecule has 0 unspecified atom stereocenters. The number of hydrogen-bond acceptors (Lipinski definition) is 7. The molecule has 2 aliphatic rings. The zero-order valence-corrected chi connectivity index (χ0v) is 17.9. The van der Waals surface area contributed by atoms with Gasteiger partial charge in [0.05, 0.1) is 22.6 Å². The van der Waals surface area contributed by atoms with Gasteiger partial charge in [0, 0.05) is 36.7 Å². The predicted molar refractivity (Wildman–Crippen MR) is 117 cm³/mol. The zero-order chi connectivity index (χ0) is 23.1. The number of carbonyl (C=O) groups is 3. The second kappa shape index (κ2) is 8.12. The number of aromatic amines is 1. The van der Waals surface area contributed by atoms with Gasteiger partial charge >= 0.3 is 0 Å². The van der Waals surface area contributed by atoms with Gasteiger partial charge in [0.15, 0.2) is 5.76 Å². The number of rotatable bonds is 4. The van der Waals surface area contributed by atoms with Crippen LogP contribution in [0.1, 0.15) is 40.5 Å². The molecule has 1 fully saturated rings. The Bertz CT molecular complexity index is 1320. The van der Waals surface area contributed by atoms with Gasteiger partial charge in [-0.25, -0.2) is 5.10 Å².